The molecule has 10 heavy (non-hydrogen) atoms. The van der Waals surface area contributed by atoms with E-state index in [1.54, 1.807) is 0 Å². The van der Waals surface area contributed by atoms with Crippen molar-refractivity contribution in [1.29, 1.82) is 0 Å². The summed E-state index contributed by atoms with van der Waals surface area (Å²) in [4.78, 5) is 0. The quantitative estimate of drug-likeness (QED) is 0.596. The molecule has 1 saturated heterocycles. The Balaban J connectivity index is 2.24. The van der Waals surface area contributed by atoms with E-state index in [2.05, 4.69) is 12.2 Å². The molecule has 1 aliphatic heterocycles. The second kappa shape index (κ2) is 3.94. The number of nitrogens with one attached hydrogen (secondary N) is 1. The van der Waals surface area contributed by atoms with Crippen molar-refractivity contribution in [3.05, 3.63) is 0 Å². The number of hydrogen-bond acceptors (Lipinski definition) is 2. The molecule has 2 nitrogen and oxygen atoms in total. The summed E-state index contributed by atoms with van der Waals surface area (Å²) < 4.78 is 0. The number of hydrogen-bond donors (Lipinski definition) is 2. The average Bonchev–Trinajstić information content (AvgIpc) is 2.05. The highest BCUT2D eigenvalue weighted by Gasteiger charge is 2.17. The van der Waals surface area contributed by atoms with E-state index < -0.39 is 0 Å². The Morgan fingerprint density at radius 2 is 2.10 bits per heavy atom. The summed E-state index contributed by atoms with van der Waals surface area (Å²) in [5.41, 5.74) is 5.92. The molecule has 60 valence electrons. The molecule has 0 aromatic heterocycles. The van der Waals surface area contributed by atoms with Crippen LogP contribution in [0.4, 0.5) is 0 Å². The Morgan fingerprint density at radius 3 is 2.60 bits per heavy atom. The van der Waals surface area contributed by atoms with Gasteiger partial charge >= 0.3 is 0 Å². The fourth-order valence-electron chi connectivity index (χ4n) is 1.61. The van der Waals surface area contributed by atoms with Gasteiger partial charge in [-0.3, -0.25) is 0 Å². The normalized spacial score (nSPS) is 24.6. The Morgan fingerprint density at radius 1 is 1.50 bits per heavy atom. The van der Waals surface area contributed by atoms with E-state index in [4.69, 9.17) is 5.73 Å². The van der Waals surface area contributed by atoms with Gasteiger partial charge in [-0.05, 0) is 38.3 Å². The molecule has 0 aliphatic carbocycles. The van der Waals surface area contributed by atoms with Gasteiger partial charge in [-0.15, -0.1) is 0 Å². The molecule has 0 aromatic rings. The van der Waals surface area contributed by atoms with Crippen LogP contribution in [0, 0.1) is 5.92 Å². The molecule has 1 aliphatic rings. The monoisotopic (exact) mass is 142 g/mol. The van der Waals surface area contributed by atoms with Gasteiger partial charge in [-0.1, -0.05) is 6.92 Å². The minimum absolute atomic E-state index is 0.446. The van der Waals surface area contributed by atoms with Crippen molar-refractivity contribution in [2.45, 2.75) is 32.2 Å². The topological polar surface area (TPSA) is 38.0 Å². The lowest BCUT2D eigenvalue weighted by Crippen LogP contribution is -2.38. The lowest BCUT2D eigenvalue weighted by atomic mass is 9.89. The molecular weight excluding hydrogens is 124 g/mol. The minimum atomic E-state index is 0.446. The number of piperidine rings is 1. The minimum Gasteiger partial charge on any atom is -0.327 e. The van der Waals surface area contributed by atoms with Crippen LogP contribution in [0.1, 0.15) is 26.2 Å². The van der Waals surface area contributed by atoms with Crippen molar-refractivity contribution in [3.8, 4) is 0 Å². The first kappa shape index (κ1) is 8.02. The van der Waals surface area contributed by atoms with Gasteiger partial charge in [0, 0.05) is 6.04 Å². The summed E-state index contributed by atoms with van der Waals surface area (Å²) in [6, 6.07) is 0.446. The first-order valence-corrected chi connectivity index (χ1v) is 4.31. The molecule has 1 rings (SSSR count). The Labute approximate surface area is 63.2 Å². The van der Waals surface area contributed by atoms with Crippen LogP contribution in [0.5, 0.6) is 0 Å². The number of rotatable bonds is 2. The van der Waals surface area contributed by atoms with Crippen LogP contribution in [-0.2, 0) is 0 Å². The Bertz CT molecular complexity index is 87.3. The van der Waals surface area contributed by atoms with Crippen molar-refractivity contribution >= 4 is 0 Å². The predicted octanol–water partition coefficient (Wildman–Crippen LogP) is 0.723. The van der Waals surface area contributed by atoms with Gasteiger partial charge in [0.1, 0.15) is 0 Å². The van der Waals surface area contributed by atoms with Gasteiger partial charge in [0.25, 0.3) is 0 Å². The Kier molecular flexibility index (Phi) is 3.16. The van der Waals surface area contributed by atoms with Crippen LogP contribution in [-0.4, -0.2) is 19.1 Å². The summed E-state index contributed by atoms with van der Waals surface area (Å²) in [5, 5.41) is 3.34. The molecule has 0 unspecified atom stereocenters. The van der Waals surface area contributed by atoms with E-state index in [1.165, 1.54) is 25.9 Å². The SMILES string of the molecule is CC[C@H](N)C1CCNCC1. The highest BCUT2D eigenvalue weighted by Crippen LogP contribution is 2.16. The van der Waals surface area contributed by atoms with Gasteiger partial charge in [-0.25, -0.2) is 0 Å². The van der Waals surface area contributed by atoms with Crippen LogP contribution in [0.3, 0.4) is 0 Å². The standard InChI is InChI=1S/C8H18N2/c1-2-8(9)7-3-5-10-6-4-7/h7-8,10H,2-6,9H2,1H3/t8-/m0/s1. The van der Waals surface area contributed by atoms with Gasteiger partial charge in [0.2, 0.25) is 0 Å². The molecule has 2 heteroatoms. The lowest BCUT2D eigenvalue weighted by Gasteiger charge is -2.27. The van der Waals surface area contributed by atoms with E-state index >= 15 is 0 Å². The fraction of sp³-hybridized carbons (Fsp3) is 1.00. The van der Waals surface area contributed by atoms with Gasteiger partial charge < -0.3 is 11.1 Å². The van der Waals surface area contributed by atoms with E-state index in [1.807, 2.05) is 0 Å². The van der Waals surface area contributed by atoms with E-state index in [0.29, 0.717) is 6.04 Å². The number of nitrogens with two attached hydrogens (primary N) is 1. The van der Waals surface area contributed by atoms with Crippen molar-refractivity contribution in [2.24, 2.45) is 11.7 Å². The molecule has 1 atom stereocenters. The first-order chi connectivity index (χ1) is 4.84. The average molecular weight is 142 g/mol. The van der Waals surface area contributed by atoms with Gasteiger partial charge in [0.05, 0.1) is 0 Å². The summed E-state index contributed by atoms with van der Waals surface area (Å²) >= 11 is 0. The molecule has 0 saturated carbocycles. The molecule has 3 N–H and O–H groups in total. The molecular formula is C8H18N2. The lowest BCUT2D eigenvalue weighted by molar-refractivity contribution is 0.313. The predicted molar refractivity (Wildman–Crippen MR) is 43.9 cm³/mol. The summed E-state index contributed by atoms with van der Waals surface area (Å²) in [5.74, 6) is 0.784. The molecule has 0 aromatic carbocycles. The molecule has 0 amide bonds. The van der Waals surface area contributed by atoms with Crippen molar-refractivity contribution in [2.75, 3.05) is 13.1 Å². The first-order valence-electron chi connectivity index (χ1n) is 4.31. The zero-order valence-corrected chi connectivity index (χ0v) is 6.77. The smallest absolute Gasteiger partial charge is 0.00654 e. The largest absolute Gasteiger partial charge is 0.327 e. The maximum absolute atomic E-state index is 5.92. The van der Waals surface area contributed by atoms with E-state index in [-0.39, 0.29) is 0 Å². The van der Waals surface area contributed by atoms with Crippen molar-refractivity contribution in [3.63, 3.8) is 0 Å². The zero-order valence-electron chi connectivity index (χ0n) is 6.77. The third kappa shape index (κ3) is 1.96. The van der Waals surface area contributed by atoms with E-state index in [9.17, 15) is 0 Å². The van der Waals surface area contributed by atoms with Crippen molar-refractivity contribution < 1.29 is 0 Å². The van der Waals surface area contributed by atoms with Crippen LogP contribution < -0.4 is 11.1 Å². The Hall–Kier alpha value is -0.0800. The fourth-order valence-corrected chi connectivity index (χ4v) is 1.61. The van der Waals surface area contributed by atoms with Crippen LogP contribution in [0.2, 0.25) is 0 Å². The third-order valence-corrected chi connectivity index (χ3v) is 2.46. The van der Waals surface area contributed by atoms with Gasteiger partial charge in [-0.2, -0.15) is 0 Å². The molecule has 1 fully saturated rings. The van der Waals surface area contributed by atoms with Crippen molar-refractivity contribution in [1.82, 2.24) is 5.32 Å². The maximum atomic E-state index is 5.92. The highest BCUT2D eigenvalue weighted by atomic mass is 14.9. The molecule has 1 heterocycles. The van der Waals surface area contributed by atoms with E-state index in [0.717, 1.165) is 12.3 Å². The second-order valence-corrected chi connectivity index (χ2v) is 3.16. The summed E-state index contributed by atoms with van der Waals surface area (Å²) in [6.07, 6.45) is 3.68. The summed E-state index contributed by atoms with van der Waals surface area (Å²) in [7, 11) is 0. The third-order valence-electron chi connectivity index (χ3n) is 2.46. The molecule has 0 spiro atoms. The summed E-state index contributed by atoms with van der Waals surface area (Å²) in [6.45, 7) is 4.50. The van der Waals surface area contributed by atoms with Crippen LogP contribution >= 0.6 is 0 Å². The second-order valence-electron chi connectivity index (χ2n) is 3.16. The zero-order chi connectivity index (χ0) is 7.40. The maximum Gasteiger partial charge on any atom is 0.00654 e. The molecule has 0 bridgehead atoms. The van der Waals surface area contributed by atoms with Gasteiger partial charge in [0.15, 0.2) is 0 Å². The molecule has 0 radical (unpaired) electrons. The van der Waals surface area contributed by atoms with Crippen LogP contribution in [0.25, 0.3) is 0 Å². The highest BCUT2D eigenvalue weighted by molar-refractivity contribution is 4.76. The van der Waals surface area contributed by atoms with Crippen LogP contribution in [0.15, 0.2) is 0 Å².